The van der Waals surface area contributed by atoms with Crippen LogP contribution in [0.2, 0.25) is 19.6 Å². The van der Waals surface area contributed by atoms with Crippen molar-refractivity contribution in [3.63, 3.8) is 0 Å². The Balaban J connectivity index is 0.00000324. The number of nitrogens with two attached hydrogens (primary N) is 1. The fourth-order valence-corrected chi connectivity index (χ4v) is 2.57. The van der Waals surface area contributed by atoms with Crippen molar-refractivity contribution in [3.8, 4) is 5.75 Å². The van der Waals surface area contributed by atoms with Crippen LogP contribution < -0.4 is 10.2 Å². The second-order valence-electron chi connectivity index (χ2n) is 6.04. The van der Waals surface area contributed by atoms with E-state index in [0.29, 0.717) is 0 Å². The largest absolute Gasteiger partial charge is 0.544 e. The Morgan fingerprint density at radius 1 is 1.11 bits per heavy atom. The Labute approximate surface area is 123 Å². The van der Waals surface area contributed by atoms with Crippen molar-refractivity contribution in [2.45, 2.75) is 45.6 Å². The van der Waals surface area contributed by atoms with E-state index in [-0.39, 0.29) is 24.4 Å². The minimum absolute atomic E-state index is 0. The lowest BCUT2D eigenvalue weighted by molar-refractivity contribution is 0.0979. The second-order valence-corrected chi connectivity index (χ2v) is 10.5. The van der Waals surface area contributed by atoms with Crippen molar-refractivity contribution < 1.29 is 9.53 Å². The smallest absolute Gasteiger partial charge is 0.242 e. The first-order valence-electron chi connectivity index (χ1n) is 6.43. The summed E-state index contributed by atoms with van der Waals surface area (Å²) < 4.78 is 5.88. The van der Waals surface area contributed by atoms with Crippen molar-refractivity contribution in [2.75, 3.05) is 0 Å². The van der Waals surface area contributed by atoms with Gasteiger partial charge >= 0.3 is 0 Å². The highest BCUT2D eigenvalue weighted by atomic mass is 35.5. The van der Waals surface area contributed by atoms with Gasteiger partial charge in [-0.1, -0.05) is 26.0 Å². The van der Waals surface area contributed by atoms with Gasteiger partial charge in [0.25, 0.3) is 0 Å². The second kappa shape index (κ2) is 7.29. The average Bonchev–Trinajstić information content (AvgIpc) is 2.26. The van der Waals surface area contributed by atoms with Gasteiger partial charge in [0.2, 0.25) is 8.32 Å². The van der Waals surface area contributed by atoms with E-state index in [2.05, 4.69) is 19.6 Å². The van der Waals surface area contributed by atoms with Crippen molar-refractivity contribution in [3.05, 3.63) is 29.8 Å². The van der Waals surface area contributed by atoms with Gasteiger partial charge in [-0.3, -0.25) is 0 Å². The minimum Gasteiger partial charge on any atom is -0.544 e. The summed E-state index contributed by atoms with van der Waals surface area (Å²) in [7, 11) is -1.56. The molecule has 1 aromatic carbocycles. The molecule has 0 bridgehead atoms. The number of rotatable bonds is 5. The molecule has 3 nitrogen and oxygen atoms in total. The van der Waals surface area contributed by atoms with Gasteiger partial charge in [-0.05, 0) is 43.3 Å². The lowest BCUT2D eigenvalue weighted by Gasteiger charge is -2.23. The van der Waals surface area contributed by atoms with Crippen LogP contribution in [-0.4, -0.2) is 19.5 Å². The van der Waals surface area contributed by atoms with E-state index in [0.717, 1.165) is 11.3 Å². The lowest BCUT2D eigenvalue weighted by atomic mass is 9.94. The van der Waals surface area contributed by atoms with Crippen molar-refractivity contribution in [1.82, 2.24) is 0 Å². The van der Waals surface area contributed by atoms with E-state index in [1.165, 1.54) is 0 Å². The molecule has 3 N–H and O–H groups in total. The van der Waals surface area contributed by atoms with Crippen LogP contribution in [0.1, 0.15) is 25.5 Å². The van der Waals surface area contributed by atoms with E-state index in [1.54, 1.807) is 0 Å². The zero-order valence-electron chi connectivity index (χ0n) is 12.4. The summed E-state index contributed by atoms with van der Waals surface area (Å²) in [6, 6.07) is 7.39. The fourth-order valence-electron chi connectivity index (χ4n) is 1.72. The Kier molecular flexibility index (Phi) is 7.08. The maximum absolute atomic E-state index is 9.95. The standard InChI is InChI=1S/C14H25NO2Si.ClH/c1-10(2)14(16)13(15)11-6-8-12(9-7-11)17-18(3,4)5;/h6-10,13-14,16H,15H2,1-5H3;1H/t13-,14+;/m0./s1. The van der Waals surface area contributed by atoms with Crippen LogP contribution in [0, 0.1) is 5.92 Å². The van der Waals surface area contributed by atoms with Gasteiger partial charge in [-0.2, -0.15) is 0 Å². The van der Waals surface area contributed by atoms with Crippen LogP contribution in [0.5, 0.6) is 5.75 Å². The summed E-state index contributed by atoms with van der Waals surface area (Å²) in [5.41, 5.74) is 6.98. The molecule has 5 heteroatoms. The van der Waals surface area contributed by atoms with Gasteiger partial charge in [0.15, 0.2) is 0 Å². The van der Waals surface area contributed by atoms with Crippen LogP contribution in [0.3, 0.4) is 0 Å². The number of benzene rings is 1. The van der Waals surface area contributed by atoms with Gasteiger partial charge in [0.1, 0.15) is 5.75 Å². The van der Waals surface area contributed by atoms with Gasteiger partial charge in [0, 0.05) is 0 Å². The maximum atomic E-state index is 9.95. The summed E-state index contributed by atoms with van der Waals surface area (Å²) in [6.45, 7) is 10.4. The highest BCUT2D eigenvalue weighted by molar-refractivity contribution is 6.70. The molecule has 0 radical (unpaired) electrons. The summed E-state index contributed by atoms with van der Waals surface area (Å²) in [5, 5.41) is 9.95. The van der Waals surface area contributed by atoms with Crippen molar-refractivity contribution in [2.24, 2.45) is 11.7 Å². The SMILES string of the molecule is CC(C)[C@@H](O)[C@@H](N)c1ccc(O[Si](C)(C)C)cc1.Cl. The summed E-state index contributed by atoms with van der Waals surface area (Å²) >= 11 is 0. The number of aliphatic hydroxyl groups excluding tert-OH is 1. The molecule has 0 aliphatic rings. The predicted molar refractivity (Wildman–Crippen MR) is 85.4 cm³/mol. The quantitative estimate of drug-likeness (QED) is 0.820. The van der Waals surface area contributed by atoms with Crippen LogP contribution >= 0.6 is 12.4 Å². The number of aliphatic hydroxyl groups is 1. The zero-order chi connectivity index (χ0) is 13.9. The lowest BCUT2D eigenvalue weighted by Crippen LogP contribution is -2.31. The third-order valence-electron chi connectivity index (χ3n) is 2.74. The third kappa shape index (κ3) is 5.95. The molecule has 0 aliphatic carbocycles. The van der Waals surface area contributed by atoms with Crippen LogP contribution in [-0.2, 0) is 0 Å². The first-order chi connectivity index (χ1) is 8.20. The molecule has 19 heavy (non-hydrogen) atoms. The van der Waals surface area contributed by atoms with Gasteiger partial charge in [0.05, 0.1) is 12.1 Å². The Morgan fingerprint density at radius 3 is 1.95 bits per heavy atom. The van der Waals surface area contributed by atoms with Crippen molar-refractivity contribution in [1.29, 1.82) is 0 Å². The molecule has 110 valence electrons. The summed E-state index contributed by atoms with van der Waals surface area (Å²) in [5.74, 6) is 1.03. The highest BCUT2D eigenvalue weighted by Gasteiger charge is 2.20. The fraction of sp³-hybridized carbons (Fsp3) is 0.571. The van der Waals surface area contributed by atoms with Gasteiger partial charge in [-0.15, -0.1) is 12.4 Å². The summed E-state index contributed by atoms with van der Waals surface area (Å²) in [6.07, 6.45) is -0.520. The number of hydrogen-bond donors (Lipinski definition) is 2. The van der Waals surface area contributed by atoms with E-state index >= 15 is 0 Å². The molecule has 0 spiro atoms. The third-order valence-corrected chi connectivity index (χ3v) is 3.59. The molecule has 2 atom stereocenters. The van der Waals surface area contributed by atoms with Crippen LogP contribution in [0.25, 0.3) is 0 Å². The molecule has 0 aliphatic heterocycles. The molecule has 1 rings (SSSR count). The monoisotopic (exact) mass is 303 g/mol. The van der Waals surface area contributed by atoms with E-state index in [1.807, 2.05) is 38.1 Å². The number of halogens is 1. The van der Waals surface area contributed by atoms with Gasteiger partial charge in [-0.25, -0.2) is 0 Å². The van der Waals surface area contributed by atoms with E-state index < -0.39 is 14.4 Å². The van der Waals surface area contributed by atoms with E-state index in [9.17, 15) is 5.11 Å². The molecule has 0 amide bonds. The molecular formula is C14H26ClNO2Si. The molecule has 0 fully saturated rings. The summed E-state index contributed by atoms with van der Waals surface area (Å²) in [4.78, 5) is 0. The first-order valence-corrected chi connectivity index (χ1v) is 9.84. The molecule has 0 saturated heterocycles. The molecule has 0 saturated carbocycles. The zero-order valence-corrected chi connectivity index (χ0v) is 14.2. The molecular weight excluding hydrogens is 278 g/mol. The number of hydrogen-bond acceptors (Lipinski definition) is 3. The van der Waals surface area contributed by atoms with Crippen molar-refractivity contribution >= 4 is 20.7 Å². The Bertz CT molecular complexity index is 376. The molecule has 0 unspecified atom stereocenters. The Morgan fingerprint density at radius 2 is 1.58 bits per heavy atom. The average molecular weight is 304 g/mol. The van der Waals surface area contributed by atoms with Crippen LogP contribution in [0.15, 0.2) is 24.3 Å². The molecule has 0 aromatic heterocycles. The highest BCUT2D eigenvalue weighted by Crippen LogP contribution is 2.23. The topological polar surface area (TPSA) is 55.5 Å². The normalized spacial score (nSPS) is 14.7. The van der Waals surface area contributed by atoms with Gasteiger partial charge < -0.3 is 15.3 Å². The minimum atomic E-state index is -1.56. The molecule has 1 aromatic rings. The predicted octanol–water partition coefficient (Wildman–Crippen LogP) is 3.34. The van der Waals surface area contributed by atoms with E-state index in [4.69, 9.17) is 10.2 Å². The first kappa shape index (κ1) is 18.4. The van der Waals surface area contributed by atoms with Crippen LogP contribution in [0.4, 0.5) is 0 Å². The Hall–Kier alpha value is -0.553. The maximum Gasteiger partial charge on any atom is 0.242 e. The molecule has 0 heterocycles.